The fourth-order valence-corrected chi connectivity index (χ4v) is 4.87. The number of nitrogens with zero attached hydrogens (tertiary/aromatic N) is 2. The van der Waals surface area contributed by atoms with E-state index < -0.39 is 17.7 Å². The molecule has 3 aromatic rings. The Hall–Kier alpha value is -4.59. The van der Waals surface area contributed by atoms with Crippen molar-refractivity contribution in [3.8, 4) is 5.75 Å². The van der Waals surface area contributed by atoms with Gasteiger partial charge < -0.3 is 20.1 Å². The van der Waals surface area contributed by atoms with E-state index >= 15 is 0 Å². The van der Waals surface area contributed by atoms with E-state index in [1.807, 2.05) is 64.0 Å². The normalized spacial score (nSPS) is 16.7. The molecule has 1 fully saturated rings. The molecule has 0 saturated carbocycles. The number of Topliss-reactive ketones (excluding diaryl/α,β-unsaturated/α-hetero) is 1. The number of carbonyl (C=O) groups excluding carboxylic acids is 3. The van der Waals surface area contributed by atoms with Gasteiger partial charge in [-0.25, -0.2) is 0 Å². The van der Waals surface area contributed by atoms with E-state index in [2.05, 4.69) is 5.32 Å². The summed E-state index contributed by atoms with van der Waals surface area (Å²) < 4.78 is 5.54. The Morgan fingerprint density at radius 3 is 2.12 bits per heavy atom. The lowest BCUT2D eigenvalue weighted by molar-refractivity contribution is -0.132. The number of hydrogen-bond donors (Lipinski definition) is 2. The number of aliphatic hydroxyl groups excluding tert-OH is 1. The van der Waals surface area contributed by atoms with Gasteiger partial charge in [0.2, 0.25) is 5.91 Å². The Kier molecular flexibility index (Phi) is 7.73. The van der Waals surface area contributed by atoms with Gasteiger partial charge in [-0.05, 0) is 65.6 Å². The van der Waals surface area contributed by atoms with Crippen molar-refractivity contribution in [1.29, 1.82) is 0 Å². The summed E-state index contributed by atoms with van der Waals surface area (Å²) in [5.74, 6) is -1.34. The summed E-state index contributed by atoms with van der Waals surface area (Å²) in [5.41, 5.74) is 3.61. The van der Waals surface area contributed by atoms with Crippen molar-refractivity contribution in [3.05, 3.63) is 89.0 Å². The minimum atomic E-state index is -0.872. The zero-order valence-corrected chi connectivity index (χ0v) is 23.9. The zero-order valence-electron chi connectivity index (χ0n) is 23.9. The third kappa shape index (κ3) is 5.43. The van der Waals surface area contributed by atoms with E-state index in [4.69, 9.17) is 4.74 Å². The molecule has 0 spiro atoms. The lowest BCUT2D eigenvalue weighted by Crippen LogP contribution is -2.29. The van der Waals surface area contributed by atoms with Gasteiger partial charge in [0.15, 0.2) is 0 Å². The lowest BCUT2D eigenvalue weighted by atomic mass is 9.84. The number of benzene rings is 3. The van der Waals surface area contributed by atoms with Gasteiger partial charge >= 0.3 is 0 Å². The summed E-state index contributed by atoms with van der Waals surface area (Å²) in [5, 5.41) is 14.3. The van der Waals surface area contributed by atoms with Crippen LogP contribution in [0.5, 0.6) is 5.75 Å². The first-order chi connectivity index (χ1) is 18.8. The number of aliphatic hydroxyl groups is 1. The van der Waals surface area contributed by atoms with E-state index in [0.29, 0.717) is 28.3 Å². The van der Waals surface area contributed by atoms with Crippen molar-refractivity contribution in [2.75, 3.05) is 36.3 Å². The first-order valence-electron chi connectivity index (χ1n) is 13.0. The fraction of sp³-hybridized carbons (Fsp3) is 0.281. The number of amides is 2. The van der Waals surface area contributed by atoms with Crippen LogP contribution in [0.15, 0.2) is 72.3 Å². The number of carbonyl (C=O) groups is 3. The molecule has 40 heavy (non-hydrogen) atoms. The van der Waals surface area contributed by atoms with Crippen LogP contribution in [0.4, 0.5) is 17.1 Å². The maximum atomic E-state index is 13.6. The highest BCUT2D eigenvalue weighted by atomic mass is 16.5. The summed E-state index contributed by atoms with van der Waals surface area (Å²) >= 11 is 0. The van der Waals surface area contributed by atoms with Crippen LogP contribution >= 0.6 is 0 Å². The van der Waals surface area contributed by atoms with Crippen LogP contribution in [-0.2, 0) is 19.8 Å². The first-order valence-corrected chi connectivity index (χ1v) is 13.0. The molecule has 8 heteroatoms. The number of rotatable bonds is 6. The Morgan fingerprint density at radius 2 is 1.60 bits per heavy atom. The minimum absolute atomic E-state index is 0.00133. The number of ether oxygens (including phenoxy) is 1. The second kappa shape index (κ2) is 10.9. The monoisotopic (exact) mass is 541 g/mol. The molecule has 3 aromatic carbocycles. The van der Waals surface area contributed by atoms with Crippen molar-refractivity contribution in [2.45, 2.75) is 39.2 Å². The molecule has 1 atom stereocenters. The minimum Gasteiger partial charge on any atom is -0.507 e. The van der Waals surface area contributed by atoms with Gasteiger partial charge in [-0.2, -0.15) is 0 Å². The van der Waals surface area contributed by atoms with Crippen molar-refractivity contribution >= 4 is 40.4 Å². The van der Waals surface area contributed by atoms with Crippen LogP contribution < -0.4 is 19.9 Å². The fourth-order valence-electron chi connectivity index (χ4n) is 4.87. The highest BCUT2D eigenvalue weighted by Gasteiger charge is 2.47. The summed E-state index contributed by atoms with van der Waals surface area (Å²) in [6.45, 7) is 7.51. The number of anilines is 3. The average Bonchev–Trinajstić information content (AvgIpc) is 3.17. The molecule has 4 rings (SSSR count). The van der Waals surface area contributed by atoms with Gasteiger partial charge in [-0.1, -0.05) is 32.9 Å². The molecule has 1 heterocycles. The topological polar surface area (TPSA) is 99.2 Å². The maximum absolute atomic E-state index is 13.6. The van der Waals surface area contributed by atoms with Crippen LogP contribution in [0.2, 0.25) is 0 Å². The molecule has 1 aliphatic rings. The molecule has 2 N–H and O–H groups in total. The molecule has 0 aromatic heterocycles. The maximum Gasteiger partial charge on any atom is 0.300 e. The van der Waals surface area contributed by atoms with E-state index in [9.17, 15) is 19.5 Å². The highest BCUT2D eigenvalue weighted by molar-refractivity contribution is 6.51. The van der Waals surface area contributed by atoms with E-state index in [-0.39, 0.29) is 22.7 Å². The third-order valence-electron chi connectivity index (χ3n) is 6.92. The SMILES string of the molecule is COc1ccc(/C(O)=C2/C(=O)C(=O)N(c3ccc(NC(C)=O)cc3)C2c2ccc(N(C)C)cc2)cc1C(C)(C)C. The van der Waals surface area contributed by atoms with Crippen LogP contribution in [0.1, 0.15) is 50.4 Å². The summed E-state index contributed by atoms with van der Waals surface area (Å²) in [6, 6.07) is 18.6. The number of nitrogens with one attached hydrogen (secondary N) is 1. The second-order valence-electron chi connectivity index (χ2n) is 11.0. The Labute approximate surface area is 234 Å². The lowest BCUT2D eigenvalue weighted by Gasteiger charge is -2.26. The van der Waals surface area contributed by atoms with Crippen molar-refractivity contribution in [1.82, 2.24) is 0 Å². The van der Waals surface area contributed by atoms with Crippen molar-refractivity contribution in [3.63, 3.8) is 0 Å². The third-order valence-corrected chi connectivity index (χ3v) is 6.92. The van der Waals surface area contributed by atoms with Crippen LogP contribution in [-0.4, -0.2) is 43.9 Å². The Bertz CT molecular complexity index is 1480. The number of methoxy groups -OCH3 is 1. The standard InChI is InChI=1S/C32H35N3O5/c1-19(36)33-22-11-15-24(16-12-22)35-28(20-8-13-23(14-9-20)34(5)6)27(30(38)31(35)39)29(37)21-10-17-26(40-7)25(18-21)32(2,3)4/h8-18,28,37H,1-7H3,(H,33,36)/b29-27-. The molecular weight excluding hydrogens is 506 g/mol. The molecule has 2 amide bonds. The van der Waals surface area contributed by atoms with Crippen LogP contribution in [0.3, 0.4) is 0 Å². The van der Waals surface area contributed by atoms with Gasteiger partial charge in [0.25, 0.3) is 11.7 Å². The predicted octanol–water partition coefficient (Wildman–Crippen LogP) is 5.64. The molecule has 0 aliphatic carbocycles. The summed E-state index contributed by atoms with van der Waals surface area (Å²) in [7, 11) is 5.44. The van der Waals surface area contributed by atoms with E-state index in [1.54, 1.807) is 49.6 Å². The first kappa shape index (κ1) is 28.4. The van der Waals surface area contributed by atoms with E-state index in [0.717, 1.165) is 11.3 Å². The second-order valence-corrected chi connectivity index (χ2v) is 11.0. The number of hydrogen-bond acceptors (Lipinski definition) is 6. The predicted molar refractivity (Wildman–Crippen MR) is 158 cm³/mol. The largest absolute Gasteiger partial charge is 0.507 e. The molecule has 208 valence electrons. The van der Waals surface area contributed by atoms with Crippen LogP contribution in [0, 0.1) is 0 Å². The van der Waals surface area contributed by atoms with Gasteiger partial charge in [0, 0.05) is 49.2 Å². The summed E-state index contributed by atoms with van der Waals surface area (Å²) in [4.78, 5) is 41.9. The molecule has 1 unspecified atom stereocenters. The highest BCUT2D eigenvalue weighted by Crippen LogP contribution is 2.43. The van der Waals surface area contributed by atoms with Crippen molar-refractivity contribution < 1.29 is 24.2 Å². The molecule has 0 bridgehead atoms. The van der Waals surface area contributed by atoms with Gasteiger partial charge in [0.1, 0.15) is 11.5 Å². The van der Waals surface area contributed by atoms with Gasteiger partial charge in [-0.3, -0.25) is 19.3 Å². The quantitative estimate of drug-likeness (QED) is 0.238. The Morgan fingerprint density at radius 1 is 0.975 bits per heavy atom. The molecule has 8 nitrogen and oxygen atoms in total. The smallest absolute Gasteiger partial charge is 0.300 e. The molecular formula is C32H35N3O5. The van der Waals surface area contributed by atoms with Crippen molar-refractivity contribution in [2.24, 2.45) is 0 Å². The average molecular weight is 542 g/mol. The van der Waals surface area contributed by atoms with Gasteiger partial charge in [0.05, 0.1) is 18.7 Å². The molecule has 1 aliphatic heterocycles. The zero-order chi connectivity index (χ0) is 29.4. The summed E-state index contributed by atoms with van der Waals surface area (Å²) in [6.07, 6.45) is 0. The molecule has 1 saturated heterocycles. The van der Waals surface area contributed by atoms with Crippen LogP contribution in [0.25, 0.3) is 5.76 Å². The van der Waals surface area contributed by atoms with Gasteiger partial charge in [-0.15, -0.1) is 0 Å². The van der Waals surface area contributed by atoms with E-state index in [1.165, 1.54) is 11.8 Å². The molecule has 0 radical (unpaired) electrons. The number of ketones is 1. The Balaban J connectivity index is 1.91.